The summed E-state index contributed by atoms with van der Waals surface area (Å²) in [5, 5.41) is 7.38. The zero-order valence-electron chi connectivity index (χ0n) is 8.77. The SMILES string of the molecule is CCn1cc(C(=O)CC(=O)COC)nn1. The van der Waals surface area contributed by atoms with E-state index in [1.807, 2.05) is 6.92 Å². The monoisotopic (exact) mass is 211 g/mol. The molecule has 6 heteroatoms. The van der Waals surface area contributed by atoms with Crippen molar-refractivity contribution in [3.8, 4) is 0 Å². The highest BCUT2D eigenvalue weighted by Gasteiger charge is 2.14. The molecule has 0 bridgehead atoms. The van der Waals surface area contributed by atoms with Crippen LogP contribution in [0.5, 0.6) is 0 Å². The van der Waals surface area contributed by atoms with Gasteiger partial charge in [-0.3, -0.25) is 14.3 Å². The minimum Gasteiger partial charge on any atom is -0.377 e. The van der Waals surface area contributed by atoms with E-state index in [-0.39, 0.29) is 30.3 Å². The van der Waals surface area contributed by atoms with Crippen LogP contribution in [0, 0.1) is 0 Å². The number of carbonyl (C=O) groups excluding carboxylic acids is 2. The third kappa shape index (κ3) is 3.25. The summed E-state index contributed by atoms with van der Waals surface area (Å²) in [5.74, 6) is -0.578. The predicted molar refractivity (Wildman–Crippen MR) is 51.5 cm³/mol. The van der Waals surface area contributed by atoms with E-state index < -0.39 is 0 Å². The van der Waals surface area contributed by atoms with Crippen LogP contribution in [0.25, 0.3) is 0 Å². The molecule has 15 heavy (non-hydrogen) atoms. The van der Waals surface area contributed by atoms with E-state index in [0.717, 1.165) is 0 Å². The fourth-order valence-corrected chi connectivity index (χ4v) is 1.06. The summed E-state index contributed by atoms with van der Waals surface area (Å²) in [7, 11) is 1.41. The number of nitrogens with zero attached hydrogens (tertiary/aromatic N) is 3. The lowest BCUT2D eigenvalue weighted by Crippen LogP contribution is -2.13. The molecule has 0 aliphatic rings. The molecule has 0 saturated heterocycles. The fraction of sp³-hybridized carbons (Fsp3) is 0.556. The van der Waals surface area contributed by atoms with Crippen molar-refractivity contribution >= 4 is 11.6 Å². The van der Waals surface area contributed by atoms with Crippen LogP contribution in [-0.4, -0.2) is 40.3 Å². The van der Waals surface area contributed by atoms with E-state index in [0.29, 0.717) is 6.54 Å². The number of hydrogen-bond acceptors (Lipinski definition) is 5. The lowest BCUT2D eigenvalue weighted by molar-refractivity contribution is -0.121. The number of ketones is 2. The number of carbonyl (C=O) groups is 2. The molecule has 0 unspecified atom stereocenters. The molecule has 0 spiro atoms. The average molecular weight is 211 g/mol. The maximum absolute atomic E-state index is 11.5. The van der Waals surface area contributed by atoms with Crippen molar-refractivity contribution < 1.29 is 14.3 Å². The Balaban J connectivity index is 2.57. The zero-order chi connectivity index (χ0) is 11.3. The topological polar surface area (TPSA) is 74.1 Å². The molecule has 0 amide bonds. The fourth-order valence-electron chi connectivity index (χ4n) is 1.06. The molecule has 0 atom stereocenters. The summed E-state index contributed by atoms with van der Waals surface area (Å²) in [6, 6.07) is 0. The molecular formula is C9H13N3O3. The third-order valence-electron chi connectivity index (χ3n) is 1.81. The maximum Gasteiger partial charge on any atom is 0.192 e. The normalized spacial score (nSPS) is 10.3. The Morgan fingerprint density at radius 3 is 2.80 bits per heavy atom. The Bertz CT molecular complexity index is 359. The summed E-state index contributed by atoms with van der Waals surface area (Å²) >= 11 is 0. The molecule has 0 radical (unpaired) electrons. The Morgan fingerprint density at radius 1 is 1.53 bits per heavy atom. The Hall–Kier alpha value is -1.56. The van der Waals surface area contributed by atoms with Crippen molar-refractivity contribution in [1.29, 1.82) is 0 Å². The number of aryl methyl sites for hydroxylation is 1. The highest BCUT2D eigenvalue weighted by Crippen LogP contribution is 1.99. The number of methoxy groups -OCH3 is 1. The van der Waals surface area contributed by atoms with Crippen LogP contribution in [0.15, 0.2) is 6.20 Å². The van der Waals surface area contributed by atoms with Crippen LogP contribution < -0.4 is 0 Å². The third-order valence-corrected chi connectivity index (χ3v) is 1.81. The molecule has 0 N–H and O–H groups in total. The number of hydrogen-bond donors (Lipinski definition) is 0. The minimum atomic E-state index is -0.322. The van der Waals surface area contributed by atoms with Gasteiger partial charge in [0.15, 0.2) is 11.6 Å². The molecule has 82 valence electrons. The summed E-state index contributed by atoms with van der Waals surface area (Å²) in [4.78, 5) is 22.6. The molecule has 1 heterocycles. The first-order valence-electron chi connectivity index (χ1n) is 4.61. The van der Waals surface area contributed by atoms with Crippen LogP contribution in [0.2, 0.25) is 0 Å². The van der Waals surface area contributed by atoms with Crippen LogP contribution in [0.4, 0.5) is 0 Å². The molecule has 0 aliphatic heterocycles. The molecule has 0 fully saturated rings. The highest BCUT2D eigenvalue weighted by molar-refractivity contribution is 6.07. The number of rotatable bonds is 6. The first-order chi connectivity index (χ1) is 7.17. The zero-order valence-corrected chi connectivity index (χ0v) is 8.77. The maximum atomic E-state index is 11.5. The van der Waals surface area contributed by atoms with E-state index in [1.54, 1.807) is 0 Å². The molecule has 1 aromatic rings. The molecule has 6 nitrogen and oxygen atoms in total. The average Bonchev–Trinajstić information content (AvgIpc) is 2.66. The lowest BCUT2D eigenvalue weighted by atomic mass is 10.2. The van der Waals surface area contributed by atoms with Crippen molar-refractivity contribution in [3.63, 3.8) is 0 Å². The van der Waals surface area contributed by atoms with E-state index in [1.165, 1.54) is 18.0 Å². The van der Waals surface area contributed by atoms with E-state index >= 15 is 0 Å². The van der Waals surface area contributed by atoms with Crippen molar-refractivity contribution in [2.45, 2.75) is 19.9 Å². The van der Waals surface area contributed by atoms with Crippen LogP contribution in [0.1, 0.15) is 23.8 Å². The molecule has 0 aromatic carbocycles. The van der Waals surface area contributed by atoms with Gasteiger partial charge in [-0.2, -0.15) is 0 Å². The van der Waals surface area contributed by atoms with Gasteiger partial charge >= 0.3 is 0 Å². The summed E-state index contributed by atoms with van der Waals surface area (Å²) < 4.78 is 6.16. The summed E-state index contributed by atoms with van der Waals surface area (Å²) in [6.45, 7) is 2.49. The number of Topliss-reactive ketones (excluding diaryl/α,β-unsaturated/α-hetero) is 2. The van der Waals surface area contributed by atoms with Gasteiger partial charge in [0.1, 0.15) is 12.3 Å². The first-order valence-corrected chi connectivity index (χ1v) is 4.61. The van der Waals surface area contributed by atoms with Crippen molar-refractivity contribution in [3.05, 3.63) is 11.9 Å². The Labute approximate surface area is 87.2 Å². The minimum absolute atomic E-state index is 0.0480. The van der Waals surface area contributed by atoms with Crippen LogP contribution in [0.3, 0.4) is 0 Å². The van der Waals surface area contributed by atoms with Gasteiger partial charge in [0, 0.05) is 13.7 Å². The van der Waals surface area contributed by atoms with Gasteiger partial charge in [-0.15, -0.1) is 5.10 Å². The van der Waals surface area contributed by atoms with E-state index in [4.69, 9.17) is 0 Å². The van der Waals surface area contributed by atoms with E-state index in [9.17, 15) is 9.59 Å². The standard InChI is InChI=1S/C9H13N3O3/c1-3-12-5-8(10-11-12)9(14)4-7(13)6-15-2/h5H,3-4,6H2,1-2H3. The second-order valence-corrected chi connectivity index (χ2v) is 3.03. The smallest absolute Gasteiger partial charge is 0.192 e. The second kappa shape index (κ2) is 5.35. The van der Waals surface area contributed by atoms with Crippen molar-refractivity contribution in [2.24, 2.45) is 0 Å². The van der Waals surface area contributed by atoms with Gasteiger partial charge in [-0.1, -0.05) is 5.21 Å². The van der Waals surface area contributed by atoms with Gasteiger partial charge in [0.2, 0.25) is 0 Å². The largest absolute Gasteiger partial charge is 0.377 e. The molecule has 0 aliphatic carbocycles. The first kappa shape index (κ1) is 11.5. The molecule has 1 rings (SSSR count). The van der Waals surface area contributed by atoms with Gasteiger partial charge in [-0.05, 0) is 6.92 Å². The predicted octanol–water partition coefficient (Wildman–Crippen LogP) is 0.0863. The Morgan fingerprint density at radius 2 is 2.27 bits per heavy atom. The van der Waals surface area contributed by atoms with Crippen molar-refractivity contribution in [1.82, 2.24) is 15.0 Å². The molecule has 0 saturated carbocycles. The molecule has 1 aromatic heterocycles. The summed E-state index contributed by atoms with van der Waals surface area (Å²) in [5.41, 5.74) is 0.223. The van der Waals surface area contributed by atoms with Crippen molar-refractivity contribution in [2.75, 3.05) is 13.7 Å². The van der Waals surface area contributed by atoms with Crippen LogP contribution in [-0.2, 0) is 16.1 Å². The van der Waals surface area contributed by atoms with Gasteiger partial charge in [0.05, 0.1) is 12.6 Å². The Kier molecular flexibility index (Phi) is 4.11. The second-order valence-electron chi connectivity index (χ2n) is 3.03. The van der Waals surface area contributed by atoms with Gasteiger partial charge in [-0.25, -0.2) is 0 Å². The van der Waals surface area contributed by atoms with Crippen LogP contribution >= 0.6 is 0 Å². The van der Waals surface area contributed by atoms with Gasteiger partial charge in [0.25, 0.3) is 0 Å². The quantitative estimate of drug-likeness (QED) is 0.492. The lowest BCUT2D eigenvalue weighted by Gasteiger charge is -1.95. The van der Waals surface area contributed by atoms with E-state index in [2.05, 4.69) is 15.0 Å². The number of aromatic nitrogens is 3. The molecular weight excluding hydrogens is 198 g/mol. The number of ether oxygens (including phenoxy) is 1. The summed E-state index contributed by atoms with van der Waals surface area (Å²) in [6.07, 6.45) is 1.35. The van der Waals surface area contributed by atoms with Gasteiger partial charge < -0.3 is 4.74 Å². The highest BCUT2D eigenvalue weighted by atomic mass is 16.5.